The zero-order valence-electron chi connectivity index (χ0n) is 13.6. The van der Waals surface area contributed by atoms with Crippen LogP contribution >= 0.6 is 0 Å². The smallest absolute Gasteiger partial charge is 0.0597 e. The van der Waals surface area contributed by atoms with Crippen molar-refractivity contribution in [3.8, 4) is 0 Å². The standard InChI is InChI=1S/C17H24N4O/c1-13-8-15(20(2)19-13)10-21-9-14(12-22-3)16(11-21)17-6-4-5-7-18-17/h4-8,14,16H,9-12H2,1-3H3/t14-,16+/m0/s1. The number of methoxy groups -OCH3 is 1. The molecule has 0 saturated carbocycles. The third kappa shape index (κ3) is 3.20. The van der Waals surface area contributed by atoms with Gasteiger partial charge in [-0.05, 0) is 25.1 Å². The summed E-state index contributed by atoms with van der Waals surface area (Å²) in [5, 5.41) is 4.44. The van der Waals surface area contributed by atoms with Gasteiger partial charge < -0.3 is 4.74 Å². The third-order valence-corrected chi connectivity index (χ3v) is 4.45. The number of hydrogen-bond acceptors (Lipinski definition) is 4. The van der Waals surface area contributed by atoms with E-state index >= 15 is 0 Å². The number of nitrogens with zero attached hydrogens (tertiary/aromatic N) is 4. The Balaban J connectivity index is 1.74. The van der Waals surface area contributed by atoms with Gasteiger partial charge in [-0.25, -0.2) is 0 Å². The second-order valence-corrected chi connectivity index (χ2v) is 6.17. The predicted molar refractivity (Wildman–Crippen MR) is 85.6 cm³/mol. The molecule has 22 heavy (non-hydrogen) atoms. The van der Waals surface area contributed by atoms with Gasteiger partial charge in [-0.1, -0.05) is 6.07 Å². The molecule has 1 aliphatic heterocycles. The fourth-order valence-corrected chi connectivity index (χ4v) is 3.44. The molecule has 0 radical (unpaired) electrons. The monoisotopic (exact) mass is 300 g/mol. The first-order chi connectivity index (χ1) is 10.7. The average Bonchev–Trinajstić information content (AvgIpc) is 3.04. The van der Waals surface area contributed by atoms with Gasteiger partial charge in [0.1, 0.15) is 0 Å². The lowest BCUT2D eigenvalue weighted by Gasteiger charge is -2.16. The Labute approximate surface area is 131 Å². The van der Waals surface area contributed by atoms with Crippen molar-refractivity contribution in [1.82, 2.24) is 19.7 Å². The maximum atomic E-state index is 5.43. The largest absolute Gasteiger partial charge is 0.384 e. The van der Waals surface area contributed by atoms with Crippen LogP contribution in [0.4, 0.5) is 0 Å². The highest BCUT2D eigenvalue weighted by Crippen LogP contribution is 2.32. The van der Waals surface area contributed by atoms with E-state index in [1.165, 1.54) is 11.4 Å². The molecule has 2 atom stereocenters. The highest BCUT2D eigenvalue weighted by Gasteiger charge is 2.34. The summed E-state index contributed by atoms with van der Waals surface area (Å²) in [5.74, 6) is 0.935. The maximum Gasteiger partial charge on any atom is 0.0597 e. The van der Waals surface area contributed by atoms with Gasteiger partial charge >= 0.3 is 0 Å². The van der Waals surface area contributed by atoms with Crippen molar-refractivity contribution in [1.29, 1.82) is 0 Å². The molecule has 5 heteroatoms. The number of pyridine rings is 1. The fraction of sp³-hybridized carbons (Fsp3) is 0.529. The minimum atomic E-state index is 0.440. The first-order valence-corrected chi connectivity index (χ1v) is 7.79. The molecule has 3 heterocycles. The van der Waals surface area contributed by atoms with Crippen LogP contribution in [0.1, 0.15) is 23.0 Å². The second-order valence-electron chi connectivity index (χ2n) is 6.17. The molecule has 0 unspecified atom stereocenters. The van der Waals surface area contributed by atoms with Crippen molar-refractivity contribution in [3.05, 3.63) is 47.5 Å². The van der Waals surface area contributed by atoms with Crippen molar-refractivity contribution >= 4 is 0 Å². The SMILES string of the molecule is COC[C@@H]1CN(Cc2cc(C)nn2C)C[C@H]1c1ccccn1. The Hall–Kier alpha value is -1.72. The quantitative estimate of drug-likeness (QED) is 0.847. The summed E-state index contributed by atoms with van der Waals surface area (Å²) in [5.41, 5.74) is 3.51. The van der Waals surface area contributed by atoms with Crippen LogP contribution in [0.15, 0.2) is 30.5 Å². The number of rotatable bonds is 5. The predicted octanol–water partition coefficient (Wildman–Crippen LogP) is 1.99. The van der Waals surface area contributed by atoms with Crippen LogP contribution in [0.2, 0.25) is 0 Å². The lowest BCUT2D eigenvalue weighted by Crippen LogP contribution is -2.22. The molecule has 0 aliphatic carbocycles. The first-order valence-electron chi connectivity index (χ1n) is 7.79. The number of aromatic nitrogens is 3. The van der Waals surface area contributed by atoms with Crippen LogP contribution < -0.4 is 0 Å². The van der Waals surface area contributed by atoms with Crippen LogP contribution in [0.25, 0.3) is 0 Å². The lowest BCUT2D eigenvalue weighted by molar-refractivity contribution is 0.146. The van der Waals surface area contributed by atoms with E-state index in [9.17, 15) is 0 Å². The summed E-state index contributed by atoms with van der Waals surface area (Å²) in [4.78, 5) is 7.04. The Kier molecular flexibility index (Phi) is 4.55. The minimum Gasteiger partial charge on any atom is -0.384 e. The summed E-state index contributed by atoms with van der Waals surface area (Å²) >= 11 is 0. The van der Waals surface area contributed by atoms with E-state index in [1.54, 1.807) is 7.11 Å². The molecule has 0 bridgehead atoms. The Morgan fingerprint density at radius 3 is 2.82 bits per heavy atom. The molecule has 5 nitrogen and oxygen atoms in total. The Bertz CT molecular complexity index is 610. The highest BCUT2D eigenvalue weighted by atomic mass is 16.5. The van der Waals surface area contributed by atoms with E-state index in [0.29, 0.717) is 11.8 Å². The van der Waals surface area contributed by atoms with E-state index in [0.717, 1.165) is 31.9 Å². The highest BCUT2D eigenvalue weighted by molar-refractivity contribution is 5.15. The zero-order valence-corrected chi connectivity index (χ0v) is 13.6. The number of hydrogen-bond donors (Lipinski definition) is 0. The van der Waals surface area contributed by atoms with E-state index in [2.05, 4.69) is 33.2 Å². The molecule has 118 valence electrons. The van der Waals surface area contributed by atoms with E-state index in [4.69, 9.17) is 4.74 Å². The van der Waals surface area contributed by atoms with Crippen molar-refractivity contribution in [2.75, 3.05) is 26.8 Å². The molecule has 0 aromatic carbocycles. The van der Waals surface area contributed by atoms with Crippen molar-refractivity contribution in [2.24, 2.45) is 13.0 Å². The summed E-state index contributed by atoms with van der Waals surface area (Å²) in [6.07, 6.45) is 1.88. The van der Waals surface area contributed by atoms with Gasteiger partial charge in [-0.2, -0.15) is 5.10 Å². The van der Waals surface area contributed by atoms with Crippen molar-refractivity contribution in [2.45, 2.75) is 19.4 Å². The van der Waals surface area contributed by atoms with Gasteiger partial charge in [0.15, 0.2) is 0 Å². The first kappa shape index (κ1) is 15.2. The van der Waals surface area contributed by atoms with Gasteiger partial charge in [0.05, 0.1) is 18.0 Å². The molecule has 0 N–H and O–H groups in total. The normalized spacial score (nSPS) is 22.3. The summed E-state index contributed by atoms with van der Waals surface area (Å²) in [7, 11) is 3.80. The fourth-order valence-electron chi connectivity index (χ4n) is 3.44. The zero-order chi connectivity index (χ0) is 15.5. The van der Waals surface area contributed by atoms with Crippen LogP contribution in [-0.2, 0) is 18.3 Å². The third-order valence-electron chi connectivity index (χ3n) is 4.45. The summed E-state index contributed by atoms with van der Waals surface area (Å²) < 4.78 is 7.41. The van der Waals surface area contributed by atoms with Gasteiger partial charge in [0.25, 0.3) is 0 Å². The molecular formula is C17H24N4O. The van der Waals surface area contributed by atoms with E-state index < -0.39 is 0 Å². The minimum absolute atomic E-state index is 0.440. The van der Waals surface area contributed by atoms with Gasteiger partial charge in [0.2, 0.25) is 0 Å². The van der Waals surface area contributed by atoms with Gasteiger partial charge in [-0.3, -0.25) is 14.6 Å². The molecule has 1 aliphatic rings. The van der Waals surface area contributed by atoms with Crippen LogP contribution in [0, 0.1) is 12.8 Å². The van der Waals surface area contributed by atoms with Crippen LogP contribution in [-0.4, -0.2) is 46.5 Å². The Morgan fingerprint density at radius 1 is 1.32 bits per heavy atom. The van der Waals surface area contributed by atoms with Crippen LogP contribution in [0.5, 0.6) is 0 Å². The number of likely N-dealkylation sites (tertiary alicyclic amines) is 1. The molecule has 3 rings (SSSR count). The number of aryl methyl sites for hydroxylation is 2. The molecule has 0 amide bonds. The molecule has 1 saturated heterocycles. The molecule has 2 aromatic rings. The lowest BCUT2D eigenvalue weighted by atomic mass is 9.93. The van der Waals surface area contributed by atoms with E-state index in [-0.39, 0.29) is 0 Å². The summed E-state index contributed by atoms with van der Waals surface area (Å²) in [6, 6.07) is 8.34. The topological polar surface area (TPSA) is 43.2 Å². The number of ether oxygens (including phenoxy) is 1. The van der Waals surface area contributed by atoms with Crippen molar-refractivity contribution < 1.29 is 4.74 Å². The molecular weight excluding hydrogens is 276 g/mol. The van der Waals surface area contributed by atoms with Crippen molar-refractivity contribution in [3.63, 3.8) is 0 Å². The molecule has 1 fully saturated rings. The average molecular weight is 300 g/mol. The van der Waals surface area contributed by atoms with Crippen LogP contribution in [0.3, 0.4) is 0 Å². The molecule has 2 aromatic heterocycles. The maximum absolute atomic E-state index is 5.43. The second kappa shape index (κ2) is 6.58. The van der Waals surface area contributed by atoms with Gasteiger partial charge in [0, 0.05) is 57.5 Å². The Morgan fingerprint density at radius 2 is 2.18 bits per heavy atom. The molecule has 0 spiro atoms. The van der Waals surface area contributed by atoms with E-state index in [1.807, 2.05) is 30.9 Å². The van der Waals surface area contributed by atoms with Gasteiger partial charge in [-0.15, -0.1) is 0 Å². The summed E-state index contributed by atoms with van der Waals surface area (Å²) in [6.45, 7) is 5.82.